The number of allylic oxidation sites excluding steroid dienone is 1. The third kappa shape index (κ3) is 6.77. The molecule has 0 atom stereocenters. The van der Waals surface area contributed by atoms with Crippen LogP contribution in [0, 0.1) is 0 Å². The molecule has 3 aromatic carbocycles. The molecule has 8 heteroatoms. The monoisotopic (exact) mass is 540 g/mol. The van der Waals surface area contributed by atoms with Crippen LogP contribution in [-0.4, -0.2) is 37.6 Å². The van der Waals surface area contributed by atoms with Gasteiger partial charge in [-0.25, -0.2) is 4.79 Å². The van der Waals surface area contributed by atoms with Crippen LogP contribution in [0.3, 0.4) is 0 Å². The minimum atomic E-state index is -0.561. The normalized spacial score (nSPS) is 13.9. The van der Waals surface area contributed by atoms with Crippen molar-refractivity contribution in [2.45, 2.75) is 27.3 Å². The summed E-state index contributed by atoms with van der Waals surface area (Å²) in [7, 11) is 0. The number of ether oxygens (including phenoxy) is 3. The molecule has 0 unspecified atom stereocenters. The topological polar surface area (TPSA) is 94.2 Å². The van der Waals surface area contributed by atoms with Crippen LogP contribution < -0.4 is 19.7 Å². The molecule has 40 heavy (non-hydrogen) atoms. The maximum absolute atomic E-state index is 13.6. The minimum Gasteiger partial charge on any atom is -0.494 e. The summed E-state index contributed by atoms with van der Waals surface area (Å²) in [6.07, 6.45) is 1.66. The molecule has 4 rings (SSSR count). The van der Waals surface area contributed by atoms with Gasteiger partial charge in [0.1, 0.15) is 11.5 Å². The average Bonchev–Trinajstić information content (AvgIpc) is 3.21. The summed E-state index contributed by atoms with van der Waals surface area (Å²) in [6.45, 7) is 6.36. The predicted molar refractivity (Wildman–Crippen MR) is 153 cm³/mol. The number of hydrogen-bond donors (Lipinski definition) is 1. The molecule has 0 saturated carbocycles. The fourth-order valence-electron chi connectivity index (χ4n) is 4.27. The molecule has 2 amide bonds. The minimum absolute atomic E-state index is 0.127. The zero-order chi connectivity index (χ0) is 28.5. The lowest BCUT2D eigenvalue weighted by molar-refractivity contribution is -0.138. The van der Waals surface area contributed by atoms with E-state index in [1.54, 1.807) is 68.5 Å². The Morgan fingerprint density at radius 2 is 1.50 bits per heavy atom. The van der Waals surface area contributed by atoms with Crippen molar-refractivity contribution in [2.75, 3.05) is 24.7 Å². The highest BCUT2D eigenvalue weighted by Crippen LogP contribution is 2.36. The molecule has 0 spiro atoms. The van der Waals surface area contributed by atoms with Crippen molar-refractivity contribution >= 4 is 29.5 Å². The number of nitrogens with zero attached hydrogens (tertiary/aromatic N) is 1. The summed E-state index contributed by atoms with van der Waals surface area (Å²) >= 11 is 0. The Labute approximate surface area is 233 Å². The van der Waals surface area contributed by atoms with Gasteiger partial charge in [-0.2, -0.15) is 0 Å². The van der Waals surface area contributed by atoms with E-state index < -0.39 is 5.97 Å². The zero-order valence-corrected chi connectivity index (χ0v) is 22.8. The van der Waals surface area contributed by atoms with Gasteiger partial charge in [-0.05, 0) is 74.4 Å². The van der Waals surface area contributed by atoms with Crippen molar-refractivity contribution in [3.05, 3.63) is 107 Å². The molecule has 1 N–H and O–H groups in total. The third-order valence-corrected chi connectivity index (χ3v) is 6.18. The molecule has 3 aromatic rings. The van der Waals surface area contributed by atoms with Gasteiger partial charge in [0, 0.05) is 17.9 Å². The van der Waals surface area contributed by atoms with E-state index in [2.05, 4.69) is 5.32 Å². The molecule has 0 fully saturated rings. The molecule has 206 valence electrons. The van der Waals surface area contributed by atoms with Gasteiger partial charge >= 0.3 is 5.97 Å². The second-order valence-electron chi connectivity index (χ2n) is 8.93. The number of carbonyl (C=O) groups is 3. The summed E-state index contributed by atoms with van der Waals surface area (Å²) in [4.78, 5) is 40.1. The number of benzene rings is 3. The summed E-state index contributed by atoms with van der Waals surface area (Å²) in [6, 6.07) is 23.7. The Bertz CT molecular complexity index is 1410. The van der Waals surface area contributed by atoms with Gasteiger partial charge in [0.15, 0.2) is 6.61 Å². The van der Waals surface area contributed by atoms with Gasteiger partial charge in [0.05, 0.1) is 24.4 Å². The average molecular weight is 541 g/mol. The Morgan fingerprint density at radius 1 is 0.850 bits per heavy atom. The Hall–Kier alpha value is -4.85. The Morgan fingerprint density at radius 3 is 2.15 bits per heavy atom. The van der Waals surface area contributed by atoms with Crippen LogP contribution >= 0.6 is 0 Å². The van der Waals surface area contributed by atoms with E-state index >= 15 is 0 Å². The van der Waals surface area contributed by atoms with E-state index in [4.69, 9.17) is 14.2 Å². The number of hydrogen-bond acceptors (Lipinski definition) is 6. The second kappa shape index (κ2) is 13.3. The van der Waals surface area contributed by atoms with Gasteiger partial charge in [-0.1, -0.05) is 42.5 Å². The van der Waals surface area contributed by atoms with E-state index in [1.807, 2.05) is 37.3 Å². The molecule has 0 aliphatic carbocycles. The van der Waals surface area contributed by atoms with Gasteiger partial charge in [-0.3, -0.25) is 14.5 Å². The van der Waals surface area contributed by atoms with Gasteiger partial charge in [-0.15, -0.1) is 0 Å². The van der Waals surface area contributed by atoms with Crippen molar-refractivity contribution in [2.24, 2.45) is 0 Å². The largest absolute Gasteiger partial charge is 0.494 e. The summed E-state index contributed by atoms with van der Waals surface area (Å²) in [5.74, 6) is 0.0651. The SMILES string of the molecule is CCOC(=O)C1=C(C)N(c2ccc(OCC)cc2)C(=O)/C1=C\c1ccc(OCC(=O)NCc2ccccc2)cc1. The maximum atomic E-state index is 13.6. The van der Waals surface area contributed by atoms with Crippen LogP contribution in [0.25, 0.3) is 6.08 Å². The smallest absolute Gasteiger partial charge is 0.340 e. The first-order valence-corrected chi connectivity index (χ1v) is 13.1. The van der Waals surface area contributed by atoms with E-state index in [0.29, 0.717) is 41.6 Å². The molecule has 8 nitrogen and oxygen atoms in total. The van der Waals surface area contributed by atoms with Crippen LogP contribution in [0.5, 0.6) is 11.5 Å². The van der Waals surface area contributed by atoms with Crippen molar-refractivity contribution in [3.63, 3.8) is 0 Å². The van der Waals surface area contributed by atoms with Gasteiger partial charge < -0.3 is 19.5 Å². The highest BCUT2D eigenvalue weighted by Gasteiger charge is 2.38. The molecular weight excluding hydrogens is 508 g/mol. The molecular formula is C32H32N2O6. The second-order valence-corrected chi connectivity index (χ2v) is 8.93. The predicted octanol–water partition coefficient (Wildman–Crippen LogP) is 5.05. The molecule has 0 aromatic heterocycles. The van der Waals surface area contributed by atoms with E-state index in [9.17, 15) is 14.4 Å². The number of esters is 1. The van der Waals surface area contributed by atoms with Gasteiger partial charge in [0.2, 0.25) is 0 Å². The van der Waals surface area contributed by atoms with Crippen LogP contribution in [0.2, 0.25) is 0 Å². The summed E-state index contributed by atoms with van der Waals surface area (Å²) < 4.78 is 16.4. The maximum Gasteiger partial charge on any atom is 0.340 e. The lowest BCUT2D eigenvalue weighted by atomic mass is 10.0. The summed E-state index contributed by atoms with van der Waals surface area (Å²) in [5, 5.41) is 2.82. The van der Waals surface area contributed by atoms with E-state index in [0.717, 1.165) is 5.56 Å². The Kier molecular flexibility index (Phi) is 9.35. The fourth-order valence-corrected chi connectivity index (χ4v) is 4.27. The van der Waals surface area contributed by atoms with Crippen molar-refractivity contribution in [3.8, 4) is 11.5 Å². The summed E-state index contributed by atoms with van der Waals surface area (Å²) in [5.41, 5.74) is 3.25. The number of rotatable bonds is 11. The molecule has 0 bridgehead atoms. The molecule has 1 aliphatic rings. The van der Waals surface area contributed by atoms with Gasteiger partial charge in [0.25, 0.3) is 11.8 Å². The zero-order valence-electron chi connectivity index (χ0n) is 22.8. The molecule has 1 heterocycles. The highest BCUT2D eigenvalue weighted by atomic mass is 16.5. The van der Waals surface area contributed by atoms with Crippen LogP contribution in [-0.2, 0) is 25.7 Å². The Balaban J connectivity index is 1.48. The first-order chi connectivity index (χ1) is 19.4. The lowest BCUT2D eigenvalue weighted by Crippen LogP contribution is -2.28. The van der Waals surface area contributed by atoms with E-state index in [-0.39, 0.29) is 36.2 Å². The van der Waals surface area contributed by atoms with Crippen molar-refractivity contribution in [1.82, 2.24) is 5.32 Å². The first-order valence-electron chi connectivity index (χ1n) is 13.1. The third-order valence-electron chi connectivity index (χ3n) is 6.18. The van der Waals surface area contributed by atoms with Crippen LogP contribution in [0.4, 0.5) is 5.69 Å². The quantitative estimate of drug-likeness (QED) is 0.270. The molecule has 0 saturated heterocycles. The first kappa shape index (κ1) is 28.2. The fraction of sp³-hybridized carbons (Fsp3) is 0.219. The standard InChI is InChI=1S/C32H32N2O6/c1-4-38-26-17-13-25(14-18-26)34-22(3)30(32(37)39-5-2)28(31(34)36)19-23-11-15-27(16-12-23)40-21-29(35)33-20-24-9-7-6-8-10-24/h6-19H,4-5,20-21H2,1-3H3,(H,33,35)/b28-19-. The van der Waals surface area contributed by atoms with E-state index in [1.165, 1.54) is 4.90 Å². The molecule has 0 radical (unpaired) electrons. The highest BCUT2D eigenvalue weighted by molar-refractivity contribution is 6.23. The van der Waals surface area contributed by atoms with Crippen molar-refractivity contribution in [1.29, 1.82) is 0 Å². The number of anilines is 1. The molecule has 1 aliphatic heterocycles. The van der Waals surface area contributed by atoms with Crippen molar-refractivity contribution < 1.29 is 28.6 Å². The lowest BCUT2D eigenvalue weighted by Gasteiger charge is -2.18. The number of amides is 2. The number of nitrogens with one attached hydrogen (secondary N) is 1. The van der Waals surface area contributed by atoms with Crippen LogP contribution in [0.15, 0.2) is 95.7 Å². The van der Waals surface area contributed by atoms with Crippen LogP contribution in [0.1, 0.15) is 31.9 Å². The number of carbonyl (C=O) groups excluding carboxylic acids is 3.